The van der Waals surface area contributed by atoms with Gasteiger partial charge in [-0.25, -0.2) is 0 Å². The number of hydrogen-bond acceptors (Lipinski definition) is 3. The third-order valence-corrected chi connectivity index (χ3v) is 5.45. The first-order valence-electron chi connectivity index (χ1n) is 8.07. The number of thiocarbonyl (C=S) groups is 1. The Morgan fingerprint density at radius 1 is 1.21 bits per heavy atom. The van der Waals surface area contributed by atoms with Gasteiger partial charge in [0, 0.05) is 17.5 Å². The van der Waals surface area contributed by atoms with Crippen LogP contribution in [0.3, 0.4) is 0 Å². The minimum Gasteiger partial charge on any atom is -0.497 e. The molecule has 24 heavy (non-hydrogen) atoms. The molecule has 4 nitrogen and oxygen atoms in total. The van der Waals surface area contributed by atoms with Gasteiger partial charge in [-0.1, -0.05) is 31.2 Å². The molecule has 2 aromatic rings. The first-order valence-corrected chi connectivity index (χ1v) is 8.48. The number of fused-ring (bicyclic) bond motifs is 4. The molecule has 1 saturated heterocycles. The summed E-state index contributed by atoms with van der Waals surface area (Å²) in [7, 11) is 1.67. The Labute approximate surface area is 147 Å². The molecule has 2 aliphatic rings. The van der Waals surface area contributed by atoms with E-state index < -0.39 is 5.72 Å². The molecular formula is C19H20N2O2S. The molecule has 2 aliphatic heterocycles. The number of rotatable bonds is 2. The minimum atomic E-state index is -0.562. The number of methoxy groups -OCH3 is 1. The standard InChI is InChI=1S/C19H20N2O2S/c1-12-17-15-9-4-5-10-16(15)23-19(12,2)21(18(24)20-17)13-7-6-8-14(11-13)22-3/h4-12,17H,1-3H3,(H,20,24)/t12-,17-,19+/m1/s1. The van der Waals surface area contributed by atoms with Gasteiger partial charge in [-0.05, 0) is 37.3 Å². The van der Waals surface area contributed by atoms with E-state index in [0.717, 1.165) is 22.7 Å². The lowest BCUT2D eigenvalue weighted by Crippen LogP contribution is -2.69. The van der Waals surface area contributed by atoms with E-state index in [1.165, 1.54) is 0 Å². The fourth-order valence-corrected chi connectivity index (χ4v) is 4.11. The van der Waals surface area contributed by atoms with Crippen molar-refractivity contribution in [3.05, 3.63) is 54.1 Å². The maximum absolute atomic E-state index is 6.47. The molecule has 2 heterocycles. The van der Waals surface area contributed by atoms with Gasteiger partial charge in [-0.2, -0.15) is 0 Å². The molecule has 4 rings (SSSR count). The largest absolute Gasteiger partial charge is 0.497 e. The number of para-hydroxylation sites is 1. The second-order valence-electron chi connectivity index (χ2n) is 6.45. The predicted molar refractivity (Wildman–Crippen MR) is 98.6 cm³/mol. The lowest BCUT2D eigenvalue weighted by atomic mass is 9.80. The fraction of sp³-hybridized carbons (Fsp3) is 0.316. The molecule has 1 N–H and O–H groups in total. The normalized spacial score (nSPS) is 27.8. The van der Waals surface area contributed by atoms with Gasteiger partial charge in [-0.15, -0.1) is 0 Å². The van der Waals surface area contributed by atoms with Crippen LogP contribution in [0.15, 0.2) is 48.5 Å². The van der Waals surface area contributed by atoms with Crippen molar-refractivity contribution in [2.24, 2.45) is 5.92 Å². The van der Waals surface area contributed by atoms with E-state index in [4.69, 9.17) is 21.7 Å². The summed E-state index contributed by atoms with van der Waals surface area (Å²) < 4.78 is 11.8. The molecule has 0 saturated carbocycles. The van der Waals surface area contributed by atoms with E-state index in [1.54, 1.807) is 7.11 Å². The van der Waals surface area contributed by atoms with Crippen molar-refractivity contribution in [2.45, 2.75) is 25.6 Å². The molecule has 5 heteroatoms. The zero-order valence-electron chi connectivity index (χ0n) is 13.9. The van der Waals surface area contributed by atoms with Gasteiger partial charge in [0.25, 0.3) is 0 Å². The maximum Gasteiger partial charge on any atom is 0.190 e. The number of ether oxygens (including phenoxy) is 2. The van der Waals surface area contributed by atoms with Gasteiger partial charge in [0.1, 0.15) is 11.5 Å². The van der Waals surface area contributed by atoms with Crippen LogP contribution in [-0.2, 0) is 0 Å². The van der Waals surface area contributed by atoms with Crippen molar-refractivity contribution in [2.75, 3.05) is 12.0 Å². The summed E-state index contributed by atoms with van der Waals surface area (Å²) >= 11 is 5.69. The molecule has 124 valence electrons. The molecule has 0 spiro atoms. The maximum atomic E-state index is 6.47. The summed E-state index contributed by atoms with van der Waals surface area (Å²) in [5.41, 5.74) is 1.56. The van der Waals surface area contributed by atoms with Crippen LogP contribution >= 0.6 is 12.2 Å². The zero-order chi connectivity index (χ0) is 16.9. The van der Waals surface area contributed by atoms with Crippen LogP contribution in [-0.4, -0.2) is 17.9 Å². The van der Waals surface area contributed by atoms with Crippen molar-refractivity contribution < 1.29 is 9.47 Å². The third kappa shape index (κ3) is 2.08. The summed E-state index contributed by atoms with van der Waals surface area (Å²) in [5, 5.41) is 4.17. The quantitative estimate of drug-likeness (QED) is 0.839. The van der Waals surface area contributed by atoms with Gasteiger partial charge in [-0.3, -0.25) is 4.90 Å². The molecular weight excluding hydrogens is 320 g/mol. The molecule has 0 unspecified atom stereocenters. The first kappa shape index (κ1) is 15.3. The van der Waals surface area contributed by atoms with Crippen molar-refractivity contribution in [1.29, 1.82) is 0 Å². The molecule has 0 aliphatic carbocycles. The van der Waals surface area contributed by atoms with Crippen LogP contribution in [0.2, 0.25) is 0 Å². The van der Waals surface area contributed by atoms with Crippen molar-refractivity contribution in [3.63, 3.8) is 0 Å². The Morgan fingerprint density at radius 3 is 2.79 bits per heavy atom. The van der Waals surface area contributed by atoms with Gasteiger partial charge in [0.2, 0.25) is 0 Å². The van der Waals surface area contributed by atoms with E-state index in [-0.39, 0.29) is 12.0 Å². The van der Waals surface area contributed by atoms with Crippen LogP contribution in [0.4, 0.5) is 5.69 Å². The van der Waals surface area contributed by atoms with E-state index in [1.807, 2.05) is 42.5 Å². The number of benzene rings is 2. The van der Waals surface area contributed by atoms with Crippen LogP contribution < -0.4 is 19.7 Å². The Morgan fingerprint density at radius 2 is 2.00 bits per heavy atom. The van der Waals surface area contributed by atoms with E-state index in [0.29, 0.717) is 5.11 Å². The van der Waals surface area contributed by atoms with Gasteiger partial charge in [0.15, 0.2) is 10.8 Å². The highest BCUT2D eigenvalue weighted by Crippen LogP contribution is 2.49. The molecule has 0 amide bonds. The third-order valence-electron chi connectivity index (χ3n) is 5.15. The van der Waals surface area contributed by atoms with Crippen molar-refractivity contribution in [1.82, 2.24) is 5.32 Å². The summed E-state index contributed by atoms with van der Waals surface area (Å²) in [6.45, 7) is 4.30. The van der Waals surface area contributed by atoms with Crippen LogP contribution in [0.25, 0.3) is 0 Å². The summed E-state index contributed by atoms with van der Waals surface area (Å²) in [6, 6.07) is 16.2. The van der Waals surface area contributed by atoms with Gasteiger partial charge >= 0.3 is 0 Å². The molecule has 3 atom stereocenters. The highest BCUT2D eigenvalue weighted by Gasteiger charge is 2.53. The summed E-state index contributed by atoms with van der Waals surface area (Å²) in [4.78, 5) is 2.06. The topological polar surface area (TPSA) is 33.7 Å². The lowest BCUT2D eigenvalue weighted by molar-refractivity contribution is -0.00317. The SMILES string of the molecule is COc1cccc(N2C(=S)N[C@H]3c4ccccc4O[C@@]2(C)[C@@H]3C)c1. The first-order chi connectivity index (χ1) is 11.5. The Hall–Kier alpha value is -2.27. The second-order valence-corrected chi connectivity index (χ2v) is 6.83. The summed E-state index contributed by atoms with van der Waals surface area (Å²) in [5.74, 6) is 1.92. The molecule has 0 radical (unpaired) electrons. The highest BCUT2D eigenvalue weighted by molar-refractivity contribution is 7.80. The smallest absolute Gasteiger partial charge is 0.190 e. The zero-order valence-corrected chi connectivity index (χ0v) is 14.8. The second kappa shape index (κ2) is 5.38. The van der Waals surface area contributed by atoms with Crippen LogP contribution in [0.5, 0.6) is 11.5 Å². The molecule has 2 bridgehead atoms. The predicted octanol–water partition coefficient (Wildman–Crippen LogP) is 3.88. The highest BCUT2D eigenvalue weighted by atomic mass is 32.1. The van der Waals surface area contributed by atoms with E-state index >= 15 is 0 Å². The average Bonchev–Trinajstić information content (AvgIpc) is 2.58. The molecule has 1 fully saturated rings. The van der Waals surface area contributed by atoms with Crippen molar-refractivity contribution in [3.8, 4) is 11.5 Å². The lowest BCUT2D eigenvalue weighted by Gasteiger charge is -2.56. The number of anilines is 1. The summed E-state index contributed by atoms with van der Waals surface area (Å²) in [6.07, 6.45) is 0. The van der Waals surface area contributed by atoms with Gasteiger partial charge < -0.3 is 14.8 Å². The monoisotopic (exact) mass is 340 g/mol. The molecule has 0 aromatic heterocycles. The Bertz CT molecular complexity index is 809. The number of nitrogens with one attached hydrogen (secondary N) is 1. The average molecular weight is 340 g/mol. The number of hydrogen-bond donors (Lipinski definition) is 1. The van der Waals surface area contributed by atoms with Crippen LogP contribution in [0, 0.1) is 5.92 Å². The van der Waals surface area contributed by atoms with Crippen molar-refractivity contribution >= 4 is 23.0 Å². The number of nitrogens with zero attached hydrogens (tertiary/aromatic N) is 1. The van der Waals surface area contributed by atoms with Crippen LogP contribution in [0.1, 0.15) is 25.5 Å². The van der Waals surface area contributed by atoms with Gasteiger partial charge in [0.05, 0.1) is 18.8 Å². The Kier molecular flexibility index (Phi) is 3.42. The van der Waals surface area contributed by atoms with E-state index in [2.05, 4.69) is 30.1 Å². The fourth-order valence-electron chi connectivity index (χ4n) is 3.70. The van der Waals surface area contributed by atoms with E-state index in [9.17, 15) is 0 Å². The molecule has 2 aromatic carbocycles. The minimum absolute atomic E-state index is 0.148. The Balaban J connectivity index is 1.84.